The van der Waals surface area contributed by atoms with Gasteiger partial charge in [0.05, 0.1) is 10.9 Å². The molecule has 0 atom stereocenters. The molecule has 1 aromatic carbocycles. The molecule has 0 fully saturated rings. The summed E-state index contributed by atoms with van der Waals surface area (Å²) >= 11 is 1.64. The minimum absolute atomic E-state index is 0.299. The van der Waals surface area contributed by atoms with Crippen molar-refractivity contribution in [2.24, 2.45) is 0 Å². The Morgan fingerprint density at radius 3 is 2.71 bits per heavy atom. The fourth-order valence-electron chi connectivity index (χ4n) is 2.21. The zero-order chi connectivity index (χ0) is 14.8. The number of rotatable bonds is 4. The van der Waals surface area contributed by atoms with Crippen molar-refractivity contribution in [3.8, 4) is 11.4 Å². The van der Waals surface area contributed by atoms with Gasteiger partial charge in [-0.3, -0.25) is 0 Å². The number of nitrogens with one attached hydrogen (secondary N) is 1. The third kappa shape index (κ3) is 2.61. The molecule has 5 heteroatoms. The molecule has 0 aliphatic rings. The zero-order valence-corrected chi connectivity index (χ0v) is 12.8. The van der Waals surface area contributed by atoms with Gasteiger partial charge < -0.3 is 5.32 Å². The molecule has 0 spiro atoms. The number of thiophene rings is 1. The lowest BCUT2D eigenvalue weighted by atomic mass is 10.2. The molecular formula is C16H16FN3S. The quantitative estimate of drug-likeness (QED) is 0.771. The summed E-state index contributed by atoms with van der Waals surface area (Å²) in [6, 6.07) is 8.72. The maximum atomic E-state index is 14.0. The van der Waals surface area contributed by atoms with Crippen LogP contribution in [0.15, 0.2) is 30.3 Å². The van der Waals surface area contributed by atoms with Crippen molar-refractivity contribution in [3.63, 3.8) is 0 Å². The third-order valence-corrected chi connectivity index (χ3v) is 4.42. The van der Waals surface area contributed by atoms with Gasteiger partial charge in [0.15, 0.2) is 5.82 Å². The van der Waals surface area contributed by atoms with Crippen LogP contribution >= 0.6 is 11.3 Å². The molecule has 0 unspecified atom stereocenters. The number of aryl methyl sites for hydroxylation is 1. The molecule has 0 amide bonds. The summed E-state index contributed by atoms with van der Waals surface area (Å²) in [4.78, 5) is 11.2. The molecule has 0 aliphatic heterocycles. The molecule has 0 bridgehead atoms. The highest BCUT2D eigenvalue weighted by atomic mass is 32.1. The minimum Gasteiger partial charge on any atom is -0.370 e. The Bertz CT molecular complexity index is 782. The average molecular weight is 301 g/mol. The number of halogens is 1. The van der Waals surface area contributed by atoms with E-state index in [-0.39, 0.29) is 5.82 Å². The van der Waals surface area contributed by atoms with E-state index < -0.39 is 0 Å². The number of benzene rings is 1. The smallest absolute Gasteiger partial charge is 0.166 e. The number of fused-ring (bicyclic) bond motifs is 1. The normalized spacial score (nSPS) is 11.0. The highest BCUT2D eigenvalue weighted by Gasteiger charge is 2.14. The highest BCUT2D eigenvalue weighted by molar-refractivity contribution is 7.18. The van der Waals surface area contributed by atoms with E-state index in [9.17, 15) is 4.39 Å². The molecule has 3 rings (SSSR count). The topological polar surface area (TPSA) is 37.8 Å². The van der Waals surface area contributed by atoms with Gasteiger partial charge in [-0.25, -0.2) is 14.4 Å². The molecule has 0 radical (unpaired) electrons. The van der Waals surface area contributed by atoms with Crippen molar-refractivity contribution in [2.75, 3.05) is 11.9 Å². The van der Waals surface area contributed by atoms with E-state index in [0.29, 0.717) is 11.4 Å². The average Bonchev–Trinajstić information content (AvgIpc) is 2.91. The van der Waals surface area contributed by atoms with Crippen molar-refractivity contribution in [1.29, 1.82) is 0 Å². The zero-order valence-electron chi connectivity index (χ0n) is 12.0. The summed E-state index contributed by atoms with van der Waals surface area (Å²) in [5.41, 5.74) is 0.435. The Morgan fingerprint density at radius 2 is 2.00 bits per heavy atom. The van der Waals surface area contributed by atoms with Gasteiger partial charge in [0.1, 0.15) is 16.5 Å². The van der Waals surface area contributed by atoms with Crippen molar-refractivity contribution < 1.29 is 4.39 Å². The summed E-state index contributed by atoms with van der Waals surface area (Å²) in [6.07, 6.45) is 0.960. The van der Waals surface area contributed by atoms with Gasteiger partial charge in [0, 0.05) is 11.4 Å². The summed E-state index contributed by atoms with van der Waals surface area (Å²) in [6.45, 7) is 4.90. The second-order valence-electron chi connectivity index (χ2n) is 4.69. The van der Waals surface area contributed by atoms with Crippen LogP contribution in [-0.4, -0.2) is 16.5 Å². The van der Waals surface area contributed by atoms with Gasteiger partial charge in [-0.15, -0.1) is 11.3 Å². The predicted molar refractivity (Wildman–Crippen MR) is 86.4 cm³/mol. The molecule has 2 heterocycles. The van der Waals surface area contributed by atoms with E-state index in [1.54, 1.807) is 29.5 Å². The first kappa shape index (κ1) is 13.9. The fraction of sp³-hybridized carbons (Fsp3) is 0.250. The first-order chi connectivity index (χ1) is 10.2. The van der Waals surface area contributed by atoms with E-state index >= 15 is 0 Å². The van der Waals surface area contributed by atoms with Crippen molar-refractivity contribution >= 4 is 27.4 Å². The van der Waals surface area contributed by atoms with E-state index in [2.05, 4.69) is 28.3 Å². The molecule has 3 aromatic rings. The molecular weight excluding hydrogens is 285 g/mol. The summed E-state index contributed by atoms with van der Waals surface area (Å²) in [5.74, 6) is 0.907. The van der Waals surface area contributed by atoms with Gasteiger partial charge in [-0.05, 0) is 31.5 Å². The summed E-state index contributed by atoms with van der Waals surface area (Å²) in [7, 11) is 0. The number of nitrogens with zero attached hydrogens (tertiary/aromatic N) is 2. The van der Waals surface area contributed by atoms with Gasteiger partial charge in [-0.1, -0.05) is 19.1 Å². The first-order valence-electron chi connectivity index (χ1n) is 7.02. The van der Waals surface area contributed by atoms with Crippen LogP contribution in [0.1, 0.15) is 18.7 Å². The van der Waals surface area contributed by atoms with Crippen LogP contribution in [0.2, 0.25) is 0 Å². The lowest BCUT2D eigenvalue weighted by molar-refractivity contribution is 0.630. The minimum atomic E-state index is -0.299. The number of anilines is 1. The molecule has 0 saturated heterocycles. The molecule has 1 N–H and O–H groups in total. The van der Waals surface area contributed by atoms with Crippen molar-refractivity contribution in [1.82, 2.24) is 9.97 Å². The Labute approximate surface area is 126 Å². The summed E-state index contributed by atoms with van der Waals surface area (Å²) < 4.78 is 14.0. The van der Waals surface area contributed by atoms with Gasteiger partial charge in [-0.2, -0.15) is 0 Å². The summed E-state index contributed by atoms with van der Waals surface area (Å²) in [5, 5.41) is 4.26. The highest BCUT2D eigenvalue weighted by Crippen LogP contribution is 2.32. The number of hydrogen-bond acceptors (Lipinski definition) is 4. The van der Waals surface area contributed by atoms with E-state index in [4.69, 9.17) is 0 Å². The SMILES string of the molecule is CCNc1nc(-c2ccccc2F)nc2sc(CC)cc12. The molecule has 0 saturated carbocycles. The third-order valence-electron chi connectivity index (χ3n) is 3.25. The Kier molecular flexibility index (Phi) is 3.84. The molecule has 3 nitrogen and oxygen atoms in total. The molecule has 108 valence electrons. The molecule has 21 heavy (non-hydrogen) atoms. The van der Waals surface area contributed by atoms with Crippen LogP contribution in [0.25, 0.3) is 21.6 Å². The van der Waals surface area contributed by atoms with Crippen LogP contribution in [-0.2, 0) is 6.42 Å². The lowest BCUT2D eigenvalue weighted by Crippen LogP contribution is -2.02. The van der Waals surface area contributed by atoms with E-state index in [1.165, 1.54) is 10.9 Å². The standard InChI is InChI=1S/C16H16FN3S/c1-3-10-9-12-14(18-4-2)19-15(20-16(12)21-10)11-7-5-6-8-13(11)17/h5-9H,3-4H2,1-2H3,(H,18,19,20). The lowest BCUT2D eigenvalue weighted by Gasteiger charge is -2.07. The Hall–Kier alpha value is -2.01. The van der Waals surface area contributed by atoms with Gasteiger partial charge >= 0.3 is 0 Å². The van der Waals surface area contributed by atoms with Crippen molar-refractivity contribution in [3.05, 3.63) is 41.0 Å². The molecule has 0 aliphatic carbocycles. The van der Waals surface area contributed by atoms with Crippen LogP contribution in [0.5, 0.6) is 0 Å². The maximum Gasteiger partial charge on any atom is 0.166 e. The predicted octanol–water partition coefficient (Wildman–Crippen LogP) is 4.49. The monoisotopic (exact) mass is 301 g/mol. The first-order valence-corrected chi connectivity index (χ1v) is 7.83. The fourth-order valence-corrected chi connectivity index (χ4v) is 3.18. The largest absolute Gasteiger partial charge is 0.370 e. The Balaban J connectivity index is 2.22. The number of aromatic nitrogens is 2. The van der Waals surface area contributed by atoms with Gasteiger partial charge in [0.2, 0.25) is 0 Å². The maximum absolute atomic E-state index is 14.0. The van der Waals surface area contributed by atoms with Crippen LogP contribution in [0.3, 0.4) is 0 Å². The number of hydrogen-bond donors (Lipinski definition) is 1. The Morgan fingerprint density at radius 1 is 1.19 bits per heavy atom. The second-order valence-corrected chi connectivity index (χ2v) is 5.81. The molecule has 2 aromatic heterocycles. The second kappa shape index (κ2) is 5.77. The van der Waals surface area contributed by atoms with E-state index in [1.807, 2.05) is 6.92 Å². The van der Waals surface area contributed by atoms with Crippen LogP contribution < -0.4 is 5.32 Å². The van der Waals surface area contributed by atoms with Crippen LogP contribution in [0, 0.1) is 5.82 Å². The van der Waals surface area contributed by atoms with Crippen LogP contribution in [0.4, 0.5) is 10.2 Å². The van der Waals surface area contributed by atoms with Crippen molar-refractivity contribution in [2.45, 2.75) is 20.3 Å². The van der Waals surface area contributed by atoms with E-state index in [0.717, 1.165) is 29.0 Å². The van der Waals surface area contributed by atoms with Gasteiger partial charge in [0.25, 0.3) is 0 Å².